The molecule has 0 aliphatic rings. The van der Waals surface area contributed by atoms with Crippen molar-refractivity contribution in [3.8, 4) is 5.75 Å². The molecule has 1 aromatic heterocycles. The first-order valence-electron chi connectivity index (χ1n) is 9.60. The number of fused-ring (bicyclic) bond motifs is 1. The van der Waals surface area contributed by atoms with Crippen LogP contribution in [0.4, 0.5) is 4.39 Å². The molecule has 0 unspecified atom stereocenters. The van der Waals surface area contributed by atoms with E-state index in [4.69, 9.17) is 0 Å². The van der Waals surface area contributed by atoms with Crippen LogP contribution in [0.15, 0.2) is 36.4 Å². The number of aliphatic carboxylic acids is 1. The third-order valence-electron chi connectivity index (χ3n) is 5.23. The number of rotatable bonds is 5. The SMILES string of the molecule is Cc1ccc(C(=O)n2c(C)c(CC(=O)NC(C)(C)C(=O)O)c3cc(O)c(F)cc32)cc1. The van der Waals surface area contributed by atoms with Crippen molar-refractivity contribution in [3.05, 3.63) is 64.6 Å². The minimum atomic E-state index is -1.49. The molecule has 7 nitrogen and oxygen atoms in total. The maximum atomic E-state index is 14.1. The van der Waals surface area contributed by atoms with E-state index in [1.807, 2.05) is 6.92 Å². The summed E-state index contributed by atoms with van der Waals surface area (Å²) in [4.78, 5) is 37.1. The van der Waals surface area contributed by atoms with Gasteiger partial charge in [-0.3, -0.25) is 14.2 Å². The first-order valence-corrected chi connectivity index (χ1v) is 9.60. The fourth-order valence-electron chi connectivity index (χ4n) is 3.41. The summed E-state index contributed by atoms with van der Waals surface area (Å²) in [6.07, 6.45) is -0.252. The Hall–Kier alpha value is -3.68. The summed E-state index contributed by atoms with van der Waals surface area (Å²) < 4.78 is 15.4. The minimum absolute atomic E-state index is 0.207. The van der Waals surface area contributed by atoms with Crippen LogP contribution in [-0.2, 0) is 16.0 Å². The Morgan fingerprint density at radius 2 is 1.71 bits per heavy atom. The highest BCUT2D eigenvalue weighted by Crippen LogP contribution is 2.32. The second-order valence-electron chi connectivity index (χ2n) is 8.05. The summed E-state index contributed by atoms with van der Waals surface area (Å²) in [5, 5.41) is 21.9. The summed E-state index contributed by atoms with van der Waals surface area (Å²) in [5.74, 6) is -3.70. The fraction of sp³-hybridized carbons (Fsp3) is 0.261. The number of nitrogens with zero attached hydrogens (tertiary/aromatic N) is 1. The Balaban J connectivity index is 2.12. The van der Waals surface area contributed by atoms with Gasteiger partial charge in [-0.15, -0.1) is 0 Å². The molecular formula is C23H23FN2O5. The Labute approximate surface area is 178 Å². The lowest BCUT2D eigenvalue weighted by Gasteiger charge is -2.21. The number of carbonyl (C=O) groups excluding carboxylic acids is 2. The molecule has 3 N–H and O–H groups in total. The summed E-state index contributed by atoms with van der Waals surface area (Å²) in [6, 6.07) is 9.09. The second kappa shape index (κ2) is 7.86. The van der Waals surface area contributed by atoms with Crippen molar-refractivity contribution in [1.29, 1.82) is 0 Å². The molecule has 0 saturated carbocycles. The van der Waals surface area contributed by atoms with Crippen molar-refractivity contribution in [2.24, 2.45) is 0 Å². The van der Waals surface area contributed by atoms with Gasteiger partial charge in [0.15, 0.2) is 11.6 Å². The zero-order chi connectivity index (χ0) is 23.1. The molecular weight excluding hydrogens is 403 g/mol. The highest BCUT2D eigenvalue weighted by molar-refractivity contribution is 6.05. The number of hydrogen-bond acceptors (Lipinski definition) is 4. The zero-order valence-electron chi connectivity index (χ0n) is 17.6. The van der Waals surface area contributed by atoms with E-state index in [-0.39, 0.29) is 11.9 Å². The van der Waals surface area contributed by atoms with Crippen LogP contribution in [0.3, 0.4) is 0 Å². The average Bonchev–Trinajstić information content (AvgIpc) is 2.92. The summed E-state index contributed by atoms with van der Waals surface area (Å²) >= 11 is 0. The molecule has 0 radical (unpaired) electrons. The third-order valence-corrected chi connectivity index (χ3v) is 5.23. The van der Waals surface area contributed by atoms with Crippen LogP contribution in [0, 0.1) is 19.7 Å². The summed E-state index contributed by atoms with van der Waals surface area (Å²) in [7, 11) is 0. The number of phenols is 1. The number of aromatic hydroxyl groups is 1. The van der Waals surface area contributed by atoms with Gasteiger partial charge in [0.05, 0.1) is 11.9 Å². The Bertz CT molecular complexity index is 1210. The molecule has 31 heavy (non-hydrogen) atoms. The standard InChI is InChI=1S/C23H23FN2O5/c1-12-5-7-14(8-6-12)21(29)26-13(2)15(10-20(28)25-23(3,4)22(30)31)16-9-19(27)17(24)11-18(16)26/h5-9,11,27H,10H2,1-4H3,(H,25,28)(H,30,31). The van der Waals surface area contributed by atoms with Gasteiger partial charge in [-0.2, -0.15) is 0 Å². The number of hydrogen-bond donors (Lipinski definition) is 3. The summed E-state index contributed by atoms with van der Waals surface area (Å²) in [6.45, 7) is 6.21. The van der Waals surface area contributed by atoms with Crippen molar-refractivity contribution in [1.82, 2.24) is 9.88 Å². The quantitative estimate of drug-likeness (QED) is 0.580. The molecule has 1 amide bonds. The van der Waals surface area contributed by atoms with Crippen LogP contribution < -0.4 is 5.32 Å². The topological polar surface area (TPSA) is 109 Å². The average molecular weight is 426 g/mol. The molecule has 2 aromatic carbocycles. The molecule has 8 heteroatoms. The fourth-order valence-corrected chi connectivity index (χ4v) is 3.41. The number of benzene rings is 2. The lowest BCUT2D eigenvalue weighted by Crippen LogP contribution is -2.50. The molecule has 0 atom stereocenters. The number of phenolic OH excluding ortho intramolecular Hbond substituents is 1. The smallest absolute Gasteiger partial charge is 0.328 e. The van der Waals surface area contributed by atoms with E-state index in [0.29, 0.717) is 22.2 Å². The maximum absolute atomic E-state index is 14.1. The van der Waals surface area contributed by atoms with E-state index in [2.05, 4.69) is 5.32 Å². The lowest BCUT2D eigenvalue weighted by atomic mass is 10.0. The van der Waals surface area contributed by atoms with Crippen molar-refractivity contribution in [2.45, 2.75) is 39.7 Å². The number of carboxylic acid groups (broad SMARTS) is 1. The van der Waals surface area contributed by atoms with Gasteiger partial charge in [-0.1, -0.05) is 17.7 Å². The number of aromatic nitrogens is 1. The van der Waals surface area contributed by atoms with E-state index in [1.54, 1.807) is 31.2 Å². The van der Waals surface area contributed by atoms with Gasteiger partial charge in [0.25, 0.3) is 5.91 Å². The maximum Gasteiger partial charge on any atom is 0.328 e. The van der Waals surface area contributed by atoms with Gasteiger partial charge in [0.1, 0.15) is 5.54 Å². The van der Waals surface area contributed by atoms with Gasteiger partial charge >= 0.3 is 5.97 Å². The van der Waals surface area contributed by atoms with Gasteiger partial charge in [0.2, 0.25) is 5.91 Å². The van der Waals surface area contributed by atoms with Crippen molar-refractivity contribution in [3.63, 3.8) is 0 Å². The molecule has 3 aromatic rings. The Morgan fingerprint density at radius 3 is 2.29 bits per heavy atom. The van der Waals surface area contributed by atoms with E-state index >= 15 is 0 Å². The normalized spacial score (nSPS) is 11.5. The third kappa shape index (κ3) is 4.14. The number of aryl methyl sites for hydroxylation is 1. The molecule has 0 spiro atoms. The first kappa shape index (κ1) is 22.0. The molecule has 0 aliphatic heterocycles. The number of amides is 1. The minimum Gasteiger partial charge on any atom is -0.505 e. The predicted octanol–water partition coefficient (Wildman–Crippen LogP) is 3.31. The monoisotopic (exact) mass is 426 g/mol. The van der Waals surface area contributed by atoms with Crippen LogP contribution in [0.2, 0.25) is 0 Å². The van der Waals surface area contributed by atoms with Crippen molar-refractivity contribution >= 4 is 28.7 Å². The van der Waals surface area contributed by atoms with E-state index in [9.17, 15) is 29.0 Å². The molecule has 0 fully saturated rings. The van der Waals surface area contributed by atoms with E-state index in [0.717, 1.165) is 11.6 Å². The van der Waals surface area contributed by atoms with Crippen LogP contribution in [0.25, 0.3) is 10.9 Å². The molecule has 0 bridgehead atoms. The number of nitrogens with one attached hydrogen (secondary N) is 1. The molecule has 1 heterocycles. The number of halogens is 1. The van der Waals surface area contributed by atoms with Crippen LogP contribution in [0.5, 0.6) is 5.75 Å². The Kier molecular flexibility index (Phi) is 5.59. The predicted molar refractivity (Wildman–Crippen MR) is 113 cm³/mol. The van der Waals surface area contributed by atoms with Crippen molar-refractivity contribution < 1.29 is 29.0 Å². The highest BCUT2D eigenvalue weighted by Gasteiger charge is 2.30. The van der Waals surface area contributed by atoms with Crippen molar-refractivity contribution in [2.75, 3.05) is 0 Å². The first-order chi connectivity index (χ1) is 14.4. The highest BCUT2D eigenvalue weighted by atomic mass is 19.1. The van der Waals surface area contributed by atoms with Crippen LogP contribution in [-0.4, -0.2) is 38.1 Å². The van der Waals surface area contributed by atoms with Gasteiger partial charge in [-0.05, 0) is 51.5 Å². The van der Waals surface area contributed by atoms with Gasteiger partial charge < -0.3 is 15.5 Å². The Morgan fingerprint density at radius 1 is 1.10 bits per heavy atom. The van der Waals surface area contributed by atoms with Gasteiger partial charge in [0, 0.05) is 22.7 Å². The van der Waals surface area contributed by atoms with E-state index in [1.165, 1.54) is 24.5 Å². The molecule has 0 saturated heterocycles. The zero-order valence-corrected chi connectivity index (χ0v) is 17.6. The van der Waals surface area contributed by atoms with Gasteiger partial charge in [-0.25, -0.2) is 9.18 Å². The second-order valence-corrected chi connectivity index (χ2v) is 8.05. The molecule has 0 aliphatic carbocycles. The lowest BCUT2D eigenvalue weighted by molar-refractivity contribution is -0.145. The number of carboxylic acids is 1. The van der Waals surface area contributed by atoms with E-state index < -0.39 is 34.9 Å². The molecule has 162 valence electrons. The van der Waals surface area contributed by atoms with Crippen LogP contribution >= 0.6 is 0 Å². The van der Waals surface area contributed by atoms with Crippen LogP contribution in [0.1, 0.15) is 41.0 Å². The largest absolute Gasteiger partial charge is 0.505 e. The summed E-state index contributed by atoms with van der Waals surface area (Å²) in [5.41, 5.74) is 0.856. The molecule has 3 rings (SSSR count). The number of carbonyl (C=O) groups is 3.